The van der Waals surface area contributed by atoms with Crippen molar-refractivity contribution in [2.45, 2.75) is 13.1 Å². The van der Waals surface area contributed by atoms with E-state index in [1.165, 1.54) is 5.56 Å². The van der Waals surface area contributed by atoms with Crippen LogP contribution in [0.5, 0.6) is 17.2 Å². The standard InChI is InChI=1S/C20H26N2O4/c1-22(13-15-8-6-5-7-9-15)14-20(23)21-12-16-10-18(25-3)19(26-4)11-17(16)24-2/h5-11H,12-14H2,1-4H3,(H,21,23). The van der Waals surface area contributed by atoms with Crippen LogP contribution in [0, 0.1) is 0 Å². The number of hydrogen-bond donors (Lipinski definition) is 1. The number of nitrogens with zero attached hydrogens (tertiary/aromatic N) is 1. The lowest BCUT2D eigenvalue weighted by molar-refractivity contribution is -0.122. The maximum absolute atomic E-state index is 12.2. The molecule has 0 aliphatic heterocycles. The lowest BCUT2D eigenvalue weighted by Crippen LogP contribution is -2.34. The number of rotatable bonds is 9. The van der Waals surface area contributed by atoms with Crippen LogP contribution in [0.1, 0.15) is 11.1 Å². The van der Waals surface area contributed by atoms with Gasteiger partial charge in [0.1, 0.15) is 5.75 Å². The van der Waals surface area contributed by atoms with E-state index < -0.39 is 0 Å². The Kier molecular flexibility index (Phi) is 7.29. The summed E-state index contributed by atoms with van der Waals surface area (Å²) in [6, 6.07) is 13.6. The van der Waals surface area contributed by atoms with Crippen molar-refractivity contribution in [1.29, 1.82) is 0 Å². The van der Waals surface area contributed by atoms with Gasteiger partial charge in [0.2, 0.25) is 5.91 Å². The summed E-state index contributed by atoms with van der Waals surface area (Å²) < 4.78 is 16.0. The van der Waals surface area contributed by atoms with E-state index in [4.69, 9.17) is 14.2 Å². The lowest BCUT2D eigenvalue weighted by atomic mass is 10.1. The van der Waals surface area contributed by atoms with Crippen molar-refractivity contribution in [1.82, 2.24) is 10.2 Å². The van der Waals surface area contributed by atoms with Gasteiger partial charge in [0, 0.05) is 24.7 Å². The molecule has 0 aromatic heterocycles. The van der Waals surface area contributed by atoms with E-state index in [2.05, 4.69) is 5.32 Å². The van der Waals surface area contributed by atoms with Crippen LogP contribution < -0.4 is 19.5 Å². The molecule has 26 heavy (non-hydrogen) atoms. The summed E-state index contributed by atoms with van der Waals surface area (Å²) in [5.74, 6) is 1.77. The van der Waals surface area contributed by atoms with Crippen molar-refractivity contribution in [3.63, 3.8) is 0 Å². The van der Waals surface area contributed by atoms with Gasteiger partial charge in [0.15, 0.2) is 11.5 Å². The minimum Gasteiger partial charge on any atom is -0.496 e. The predicted molar refractivity (Wildman–Crippen MR) is 101 cm³/mol. The van der Waals surface area contributed by atoms with E-state index in [9.17, 15) is 4.79 Å². The third kappa shape index (κ3) is 5.39. The zero-order valence-corrected chi connectivity index (χ0v) is 15.7. The molecule has 0 saturated carbocycles. The number of benzene rings is 2. The molecule has 0 bridgehead atoms. The molecule has 0 radical (unpaired) electrons. The van der Waals surface area contributed by atoms with Gasteiger partial charge in [0.05, 0.1) is 27.9 Å². The minimum absolute atomic E-state index is 0.0553. The molecule has 0 heterocycles. The van der Waals surface area contributed by atoms with E-state index in [0.29, 0.717) is 36.9 Å². The van der Waals surface area contributed by atoms with E-state index >= 15 is 0 Å². The molecule has 0 fully saturated rings. The van der Waals surface area contributed by atoms with Gasteiger partial charge < -0.3 is 19.5 Å². The second kappa shape index (κ2) is 9.68. The van der Waals surface area contributed by atoms with Crippen molar-refractivity contribution in [3.8, 4) is 17.2 Å². The van der Waals surface area contributed by atoms with E-state index in [1.807, 2.05) is 48.3 Å². The van der Waals surface area contributed by atoms with Gasteiger partial charge in [-0.2, -0.15) is 0 Å². The Morgan fingerprint density at radius 3 is 2.19 bits per heavy atom. The quantitative estimate of drug-likeness (QED) is 0.746. The third-order valence-electron chi connectivity index (χ3n) is 3.97. The molecule has 2 aromatic carbocycles. The van der Waals surface area contributed by atoms with Gasteiger partial charge in [-0.05, 0) is 18.7 Å². The second-order valence-electron chi connectivity index (χ2n) is 5.95. The van der Waals surface area contributed by atoms with Gasteiger partial charge in [-0.25, -0.2) is 0 Å². The van der Waals surface area contributed by atoms with Gasteiger partial charge >= 0.3 is 0 Å². The maximum atomic E-state index is 12.2. The number of hydrogen-bond acceptors (Lipinski definition) is 5. The summed E-state index contributed by atoms with van der Waals surface area (Å²) in [5, 5.41) is 2.92. The molecule has 140 valence electrons. The lowest BCUT2D eigenvalue weighted by Gasteiger charge is -2.17. The summed E-state index contributed by atoms with van der Waals surface area (Å²) in [6.45, 7) is 1.37. The van der Waals surface area contributed by atoms with Crippen molar-refractivity contribution in [2.24, 2.45) is 0 Å². The SMILES string of the molecule is COc1cc(OC)c(OC)cc1CNC(=O)CN(C)Cc1ccccc1. The third-order valence-corrected chi connectivity index (χ3v) is 3.97. The molecule has 0 atom stereocenters. The van der Waals surface area contributed by atoms with E-state index in [1.54, 1.807) is 27.4 Å². The highest BCUT2D eigenvalue weighted by atomic mass is 16.5. The predicted octanol–water partition coefficient (Wildman–Crippen LogP) is 2.46. The van der Waals surface area contributed by atoms with Crippen LogP contribution in [-0.4, -0.2) is 45.7 Å². The van der Waals surface area contributed by atoms with Crippen LogP contribution in [-0.2, 0) is 17.9 Å². The van der Waals surface area contributed by atoms with Crippen LogP contribution in [0.2, 0.25) is 0 Å². The van der Waals surface area contributed by atoms with Crippen molar-refractivity contribution >= 4 is 5.91 Å². The van der Waals surface area contributed by atoms with Crippen LogP contribution in [0.25, 0.3) is 0 Å². The molecule has 2 aromatic rings. The number of nitrogens with one attached hydrogen (secondary N) is 1. The average molecular weight is 358 g/mol. The molecule has 0 aliphatic rings. The fraction of sp³-hybridized carbons (Fsp3) is 0.350. The van der Waals surface area contributed by atoms with Gasteiger partial charge in [-0.1, -0.05) is 30.3 Å². The average Bonchev–Trinajstić information content (AvgIpc) is 2.66. The van der Waals surface area contributed by atoms with Crippen molar-refractivity contribution < 1.29 is 19.0 Å². The Labute approximate surface area is 154 Å². The molecular weight excluding hydrogens is 332 g/mol. The summed E-state index contributed by atoms with van der Waals surface area (Å²) in [6.07, 6.45) is 0. The second-order valence-corrected chi connectivity index (χ2v) is 5.95. The number of methoxy groups -OCH3 is 3. The normalized spacial score (nSPS) is 10.5. The Morgan fingerprint density at radius 1 is 0.962 bits per heavy atom. The summed E-state index contributed by atoms with van der Waals surface area (Å²) in [5.41, 5.74) is 1.99. The summed E-state index contributed by atoms with van der Waals surface area (Å²) in [4.78, 5) is 14.2. The molecule has 0 spiro atoms. The first-order chi connectivity index (χ1) is 12.6. The molecule has 1 N–H and O–H groups in total. The summed E-state index contributed by atoms with van der Waals surface area (Å²) >= 11 is 0. The van der Waals surface area contributed by atoms with Crippen LogP contribution in [0.4, 0.5) is 0 Å². The highest BCUT2D eigenvalue weighted by Gasteiger charge is 2.13. The molecular formula is C20H26N2O4. The topological polar surface area (TPSA) is 60.0 Å². The molecule has 0 saturated heterocycles. The molecule has 6 heteroatoms. The number of carbonyl (C=O) groups is 1. The highest BCUT2D eigenvalue weighted by Crippen LogP contribution is 2.34. The van der Waals surface area contributed by atoms with Gasteiger partial charge in [-0.3, -0.25) is 9.69 Å². The first-order valence-electron chi connectivity index (χ1n) is 8.35. The van der Waals surface area contributed by atoms with Crippen LogP contribution in [0.15, 0.2) is 42.5 Å². The molecule has 0 unspecified atom stereocenters. The van der Waals surface area contributed by atoms with Crippen molar-refractivity contribution in [2.75, 3.05) is 34.9 Å². The Hall–Kier alpha value is -2.73. The first-order valence-corrected chi connectivity index (χ1v) is 8.35. The Bertz CT molecular complexity index is 719. The van der Waals surface area contributed by atoms with Crippen molar-refractivity contribution in [3.05, 3.63) is 53.6 Å². The molecule has 6 nitrogen and oxygen atoms in total. The minimum atomic E-state index is -0.0553. The number of amides is 1. The van der Waals surface area contributed by atoms with Crippen LogP contribution >= 0.6 is 0 Å². The number of ether oxygens (including phenoxy) is 3. The molecule has 2 rings (SSSR count). The molecule has 0 aliphatic carbocycles. The number of carbonyl (C=O) groups excluding carboxylic acids is 1. The Balaban J connectivity index is 1.94. The molecule has 1 amide bonds. The monoisotopic (exact) mass is 358 g/mol. The number of likely N-dealkylation sites (N-methyl/N-ethyl adjacent to an activating group) is 1. The van der Waals surface area contributed by atoms with E-state index in [-0.39, 0.29) is 5.91 Å². The van der Waals surface area contributed by atoms with E-state index in [0.717, 1.165) is 5.56 Å². The largest absolute Gasteiger partial charge is 0.496 e. The zero-order chi connectivity index (χ0) is 18.9. The Morgan fingerprint density at radius 2 is 1.58 bits per heavy atom. The maximum Gasteiger partial charge on any atom is 0.234 e. The van der Waals surface area contributed by atoms with Gasteiger partial charge in [0.25, 0.3) is 0 Å². The summed E-state index contributed by atoms with van der Waals surface area (Å²) in [7, 11) is 6.65. The van der Waals surface area contributed by atoms with Gasteiger partial charge in [-0.15, -0.1) is 0 Å². The zero-order valence-electron chi connectivity index (χ0n) is 15.7. The highest BCUT2D eigenvalue weighted by molar-refractivity contribution is 5.78. The fourth-order valence-electron chi connectivity index (χ4n) is 2.68. The fourth-order valence-corrected chi connectivity index (χ4v) is 2.68. The first kappa shape index (κ1) is 19.6. The smallest absolute Gasteiger partial charge is 0.234 e. The van der Waals surface area contributed by atoms with Crippen LogP contribution in [0.3, 0.4) is 0 Å².